The Morgan fingerprint density at radius 2 is 1.48 bits per heavy atom. The second kappa shape index (κ2) is 11.2. The topological polar surface area (TPSA) is 208 Å². The molecule has 3 atom stereocenters. The second-order valence-electron chi connectivity index (χ2n) is 4.80. The number of carboxylic acid groups (broad SMARTS) is 2. The highest BCUT2D eigenvalue weighted by molar-refractivity contribution is 7.80. The van der Waals surface area contributed by atoms with Crippen LogP contribution in [0.1, 0.15) is 6.42 Å². The Bertz CT molecular complexity index is 529. The fraction of sp³-hybridized carbons (Fsp3) is 0.583. The summed E-state index contributed by atoms with van der Waals surface area (Å²) in [5.74, 6) is -5.56. The number of hydrogen-bond donors (Lipinski definition) is 8. The summed E-state index contributed by atoms with van der Waals surface area (Å²) in [7, 11) is 0. The summed E-state index contributed by atoms with van der Waals surface area (Å²) in [6, 6.07) is -4.09. The molecule has 0 radical (unpaired) electrons. The summed E-state index contributed by atoms with van der Waals surface area (Å²) in [6.45, 7) is -1.52. The number of thiol groups is 1. The van der Waals surface area contributed by atoms with Crippen LogP contribution in [0.5, 0.6) is 0 Å². The number of nitrogens with two attached hydrogens (primary N) is 1. The van der Waals surface area contributed by atoms with Crippen molar-refractivity contribution in [3.8, 4) is 0 Å². The van der Waals surface area contributed by atoms with Gasteiger partial charge in [0.1, 0.15) is 18.6 Å². The van der Waals surface area contributed by atoms with E-state index in [1.54, 1.807) is 0 Å². The van der Waals surface area contributed by atoms with Gasteiger partial charge in [-0.15, -0.1) is 0 Å². The third-order valence-electron chi connectivity index (χ3n) is 2.78. The van der Waals surface area contributed by atoms with Crippen molar-refractivity contribution < 1.29 is 39.3 Å². The number of amides is 3. The molecule has 0 fully saturated rings. The lowest BCUT2D eigenvalue weighted by Gasteiger charge is -2.21. The van der Waals surface area contributed by atoms with E-state index in [1.807, 2.05) is 5.32 Å². The van der Waals surface area contributed by atoms with Gasteiger partial charge < -0.3 is 37.0 Å². The zero-order valence-corrected chi connectivity index (χ0v) is 13.9. The van der Waals surface area contributed by atoms with E-state index in [1.165, 1.54) is 0 Å². The molecule has 0 bridgehead atoms. The number of carbonyl (C=O) groups excluding carboxylic acids is 3. The Morgan fingerprint density at radius 1 is 0.920 bits per heavy atom. The maximum absolute atomic E-state index is 12.0. The van der Waals surface area contributed by atoms with Crippen LogP contribution in [0, 0.1) is 0 Å². The molecule has 0 aromatic carbocycles. The molecule has 3 amide bonds. The maximum Gasteiger partial charge on any atom is 0.322 e. The Kier molecular flexibility index (Phi) is 10.2. The van der Waals surface area contributed by atoms with Gasteiger partial charge in [0.05, 0.1) is 19.1 Å². The van der Waals surface area contributed by atoms with E-state index in [-0.39, 0.29) is 5.75 Å². The van der Waals surface area contributed by atoms with E-state index in [9.17, 15) is 24.0 Å². The van der Waals surface area contributed by atoms with Crippen LogP contribution < -0.4 is 21.7 Å². The van der Waals surface area contributed by atoms with E-state index >= 15 is 0 Å². The first-order valence-corrected chi connectivity index (χ1v) is 7.54. The van der Waals surface area contributed by atoms with Crippen molar-refractivity contribution in [2.24, 2.45) is 5.73 Å². The second-order valence-corrected chi connectivity index (χ2v) is 5.17. The highest BCUT2D eigenvalue weighted by atomic mass is 32.1. The zero-order valence-electron chi connectivity index (χ0n) is 13.0. The van der Waals surface area contributed by atoms with Crippen molar-refractivity contribution in [3.63, 3.8) is 0 Å². The predicted octanol–water partition coefficient (Wildman–Crippen LogP) is -4.12. The van der Waals surface area contributed by atoms with Gasteiger partial charge in [-0.05, 0) is 0 Å². The van der Waals surface area contributed by atoms with Gasteiger partial charge in [0.15, 0.2) is 0 Å². The molecule has 12 nitrogen and oxygen atoms in total. The number of rotatable bonds is 11. The highest BCUT2D eigenvalue weighted by Gasteiger charge is 2.27. The zero-order chi connectivity index (χ0) is 19.6. The predicted molar refractivity (Wildman–Crippen MR) is 85.7 cm³/mol. The minimum atomic E-state index is -1.45. The van der Waals surface area contributed by atoms with Gasteiger partial charge in [-0.25, -0.2) is 0 Å². The van der Waals surface area contributed by atoms with Crippen molar-refractivity contribution in [1.29, 1.82) is 0 Å². The molecule has 0 saturated carbocycles. The first-order valence-electron chi connectivity index (χ1n) is 6.91. The van der Waals surface area contributed by atoms with Crippen molar-refractivity contribution in [3.05, 3.63) is 0 Å². The van der Waals surface area contributed by atoms with Crippen molar-refractivity contribution in [2.45, 2.75) is 24.5 Å². The van der Waals surface area contributed by atoms with Crippen LogP contribution in [0.15, 0.2) is 0 Å². The molecule has 0 aromatic heterocycles. The molecular weight excluding hydrogens is 360 g/mol. The lowest BCUT2D eigenvalue weighted by Crippen LogP contribution is -2.57. The lowest BCUT2D eigenvalue weighted by molar-refractivity contribution is -0.139. The SMILES string of the molecule is NC(CC(=O)O)C(=O)NC(CS)C(=O)NC(CO)C(=O)NCC(=O)O. The third-order valence-corrected chi connectivity index (χ3v) is 3.14. The highest BCUT2D eigenvalue weighted by Crippen LogP contribution is 1.95. The van der Waals surface area contributed by atoms with E-state index in [0.29, 0.717) is 0 Å². The van der Waals surface area contributed by atoms with Gasteiger partial charge >= 0.3 is 11.9 Å². The number of nitrogens with one attached hydrogen (secondary N) is 3. The molecule has 142 valence electrons. The number of aliphatic hydroxyl groups is 1. The molecule has 0 saturated heterocycles. The van der Waals surface area contributed by atoms with Gasteiger partial charge in [-0.1, -0.05) is 0 Å². The van der Waals surface area contributed by atoms with E-state index in [4.69, 9.17) is 21.1 Å². The van der Waals surface area contributed by atoms with Gasteiger partial charge in [0.25, 0.3) is 0 Å². The van der Waals surface area contributed by atoms with Crippen LogP contribution in [0.25, 0.3) is 0 Å². The van der Waals surface area contributed by atoms with Crippen LogP contribution in [0.4, 0.5) is 0 Å². The average molecular weight is 380 g/mol. The molecule has 8 N–H and O–H groups in total. The summed E-state index contributed by atoms with van der Waals surface area (Å²) < 4.78 is 0. The first-order chi connectivity index (χ1) is 11.6. The monoisotopic (exact) mass is 380 g/mol. The molecule has 0 aliphatic rings. The van der Waals surface area contributed by atoms with Crippen LogP contribution in [0.2, 0.25) is 0 Å². The molecule has 0 aromatic rings. The molecule has 0 aliphatic heterocycles. The standard InChI is InChI=1S/C12H20N4O8S/c13-5(1-8(18)19)10(22)16-7(4-25)12(24)15-6(3-17)11(23)14-2-9(20)21/h5-7,17,25H,1-4,13H2,(H,14,23)(H,15,24)(H,16,22)(H,18,19)(H,20,21). The van der Waals surface area contributed by atoms with E-state index in [2.05, 4.69) is 23.3 Å². The number of carbonyl (C=O) groups is 5. The van der Waals surface area contributed by atoms with Crippen LogP contribution in [-0.2, 0) is 24.0 Å². The normalized spacial score (nSPS) is 13.9. The van der Waals surface area contributed by atoms with Gasteiger partial charge in [-0.3, -0.25) is 24.0 Å². The molecule has 0 spiro atoms. The van der Waals surface area contributed by atoms with Crippen LogP contribution in [0.3, 0.4) is 0 Å². The van der Waals surface area contributed by atoms with Gasteiger partial charge in [-0.2, -0.15) is 12.6 Å². The molecule has 13 heteroatoms. The summed E-state index contributed by atoms with van der Waals surface area (Å²) >= 11 is 3.87. The van der Waals surface area contributed by atoms with Crippen molar-refractivity contribution in [1.82, 2.24) is 16.0 Å². The Morgan fingerprint density at radius 3 is 1.92 bits per heavy atom. The summed E-state index contributed by atoms with van der Waals surface area (Å²) in [5, 5.41) is 32.4. The molecule has 0 rings (SSSR count). The Balaban J connectivity index is 4.74. The molecule has 0 heterocycles. The largest absolute Gasteiger partial charge is 0.481 e. The summed E-state index contributed by atoms with van der Waals surface area (Å²) in [5.41, 5.74) is 5.36. The minimum Gasteiger partial charge on any atom is -0.481 e. The van der Waals surface area contributed by atoms with E-state index in [0.717, 1.165) is 0 Å². The van der Waals surface area contributed by atoms with Crippen LogP contribution >= 0.6 is 12.6 Å². The molecule has 25 heavy (non-hydrogen) atoms. The average Bonchev–Trinajstić information content (AvgIpc) is 2.53. The summed E-state index contributed by atoms with van der Waals surface area (Å²) in [4.78, 5) is 56.3. The number of hydrogen-bond acceptors (Lipinski definition) is 8. The van der Waals surface area contributed by atoms with Gasteiger partial charge in [0.2, 0.25) is 17.7 Å². The minimum absolute atomic E-state index is 0.202. The number of aliphatic carboxylic acids is 2. The Labute approximate surface area is 147 Å². The third kappa shape index (κ3) is 8.88. The van der Waals surface area contributed by atoms with Crippen molar-refractivity contribution >= 4 is 42.3 Å². The van der Waals surface area contributed by atoms with E-state index < -0.39 is 67.4 Å². The van der Waals surface area contributed by atoms with Gasteiger partial charge in [0, 0.05) is 5.75 Å². The number of carboxylic acids is 2. The fourth-order valence-electron chi connectivity index (χ4n) is 1.51. The maximum atomic E-state index is 12.0. The molecule has 0 aliphatic carbocycles. The fourth-order valence-corrected chi connectivity index (χ4v) is 1.76. The molecule has 3 unspecified atom stereocenters. The quantitative estimate of drug-likeness (QED) is 0.163. The smallest absolute Gasteiger partial charge is 0.322 e. The number of aliphatic hydroxyl groups excluding tert-OH is 1. The van der Waals surface area contributed by atoms with Crippen molar-refractivity contribution in [2.75, 3.05) is 18.9 Å². The van der Waals surface area contributed by atoms with Crippen LogP contribution in [-0.4, -0.2) is 82.0 Å². The molecular formula is C12H20N4O8S. The first kappa shape index (κ1) is 22.6. The Hall–Kier alpha value is -2.38. The lowest BCUT2D eigenvalue weighted by atomic mass is 10.2. The summed E-state index contributed by atoms with van der Waals surface area (Å²) in [6.07, 6.45) is -0.649.